The quantitative estimate of drug-likeness (QED) is 0.781. The number of aromatic nitrogens is 4. The van der Waals surface area contributed by atoms with Gasteiger partial charge in [0.2, 0.25) is 5.95 Å². The summed E-state index contributed by atoms with van der Waals surface area (Å²) in [5.41, 5.74) is 7.76. The van der Waals surface area contributed by atoms with Gasteiger partial charge in [-0.15, -0.1) is 11.3 Å². The molecule has 3 rings (SSSR count). The van der Waals surface area contributed by atoms with Gasteiger partial charge >= 0.3 is 0 Å². The molecule has 92 valence electrons. The van der Waals surface area contributed by atoms with Crippen LogP contribution >= 0.6 is 11.3 Å². The number of fused-ring (bicyclic) bond motifs is 1. The summed E-state index contributed by atoms with van der Waals surface area (Å²) in [5.74, 6) is 0.506. The lowest BCUT2D eigenvalue weighted by atomic mass is 10.4. The van der Waals surface area contributed by atoms with Crippen molar-refractivity contribution >= 4 is 28.3 Å². The number of hydrogen-bond donors (Lipinski definition) is 1. The molecule has 0 aliphatic rings. The van der Waals surface area contributed by atoms with Crippen molar-refractivity contribution < 1.29 is 0 Å². The molecule has 0 radical (unpaired) electrons. The third-order valence-corrected chi connectivity index (χ3v) is 3.95. The highest BCUT2D eigenvalue weighted by Crippen LogP contribution is 2.20. The van der Waals surface area contributed by atoms with Gasteiger partial charge in [-0.1, -0.05) is 6.92 Å². The van der Waals surface area contributed by atoms with Crippen molar-refractivity contribution in [1.29, 1.82) is 0 Å². The monoisotopic (exact) mass is 259 g/mol. The molecule has 2 N–H and O–H groups in total. The van der Waals surface area contributed by atoms with E-state index >= 15 is 0 Å². The van der Waals surface area contributed by atoms with E-state index in [-0.39, 0.29) is 0 Å². The van der Waals surface area contributed by atoms with Crippen molar-refractivity contribution in [3.63, 3.8) is 0 Å². The molecule has 0 aliphatic heterocycles. The largest absolute Gasteiger partial charge is 0.369 e. The highest BCUT2D eigenvalue weighted by Gasteiger charge is 2.10. The van der Waals surface area contributed by atoms with Crippen LogP contribution in [0, 0.1) is 0 Å². The zero-order valence-electron chi connectivity index (χ0n) is 10.00. The predicted octanol–water partition coefficient (Wildman–Crippen LogP) is 2.08. The molecule has 3 aromatic rings. The highest BCUT2D eigenvalue weighted by atomic mass is 32.1. The highest BCUT2D eigenvalue weighted by molar-refractivity contribution is 7.11. The Morgan fingerprint density at radius 2 is 2.28 bits per heavy atom. The standard InChI is InChI=1S/C12H13N5S/c1-2-8-5-15-11(18-8)7-17-10-3-4-14-6-9(10)16-12(17)13/h3-6H,2,7H2,1H3,(H2,13,16). The summed E-state index contributed by atoms with van der Waals surface area (Å²) in [6.07, 6.45) is 6.42. The maximum Gasteiger partial charge on any atom is 0.201 e. The molecule has 3 aromatic heterocycles. The molecule has 18 heavy (non-hydrogen) atoms. The van der Waals surface area contributed by atoms with E-state index in [4.69, 9.17) is 5.73 Å². The summed E-state index contributed by atoms with van der Waals surface area (Å²) in [7, 11) is 0. The molecule has 0 amide bonds. The minimum Gasteiger partial charge on any atom is -0.369 e. The Balaban J connectivity index is 2.01. The van der Waals surface area contributed by atoms with Crippen LogP contribution in [0.3, 0.4) is 0 Å². The average Bonchev–Trinajstić information content (AvgIpc) is 2.96. The summed E-state index contributed by atoms with van der Waals surface area (Å²) < 4.78 is 1.97. The van der Waals surface area contributed by atoms with Gasteiger partial charge in [-0.2, -0.15) is 0 Å². The van der Waals surface area contributed by atoms with Gasteiger partial charge in [-0.05, 0) is 12.5 Å². The second kappa shape index (κ2) is 4.38. The van der Waals surface area contributed by atoms with Crippen molar-refractivity contribution in [2.45, 2.75) is 19.9 Å². The molecule has 0 unspecified atom stereocenters. The fourth-order valence-corrected chi connectivity index (χ4v) is 2.74. The van der Waals surface area contributed by atoms with E-state index in [9.17, 15) is 0 Å². The van der Waals surface area contributed by atoms with Gasteiger partial charge in [0.25, 0.3) is 0 Å². The lowest BCUT2D eigenvalue weighted by Gasteiger charge is -2.02. The normalized spacial score (nSPS) is 11.2. The van der Waals surface area contributed by atoms with Gasteiger partial charge in [-0.25, -0.2) is 9.97 Å². The number of nitrogen functional groups attached to an aromatic ring is 1. The summed E-state index contributed by atoms with van der Waals surface area (Å²) in [4.78, 5) is 14.0. The first kappa shape index (κ1) is 11.2. The Bertz CT molecular complexity index is 685. The number of nitrogens with two attached hydrogens (primary N) is 1. The number of thiazole rings is 1. The second-order valence-corrected chi connectivity index (χ2v) is 5.19. The first-order valence-corrected chi connectivity index (χ1v) is 6.59. The number of imidazole rings is 1. The van der Waals surface area contributed by atoms with Crippen LogP contribution in [0.25, 0.3) is 11.0 Å². The predicted molar refractivity (Wildman–Crippen MR) is 72.5 cm³/mol. The number of hydrogen-bond acceptors (Lipinski definition) is 5. The zero-order valence-corrected chi connectivity index (χ0v) is 10.8. The lowest BCUT2D eigenvalue weighted by Crippen LogP contribution is -2.04. The molecule has 0 saturated carbocycles. The fourth-order valence-electron chi connectivity index (χ4n) is 1.89. The van der Waals surface area contributed by atoms with Gasteiger partial charge in [0, 0.05) is 17.3 Å². The molecule has 3 heterocycles. The minimum atomic E-state index is 0.506. The molecule has 0 atom stereocenters. The lowest BCUT2D eigenvalue weighted by molar-refractivity contribution is 0.829. The van der Waals surface area contributed by atoms with Crippen LogP contribution in [0.1, 0.15) is 16.8 Å². The average molecular weight is 259 g/mol. The van der Waals surface area contributed by atoms with Crippen LogP contribution in [0.4, 0.5) is 5.95 Å². The molecule has 0 fully saturated rings. The molecule has 0 spiro atoms. The van der Waals surface area contributed by atoms with E-state index in [0.29, 0.717) is 12.5 Å². The van der Waals surface area contributed by atoms with Crippen molar-refractivity contribution in [2.24, 2.45) is 0 Å². The Kier molecular flexibility index (Phi) is 2.71. The number of rotatable bonds is 3. The number of nitrogens with zero attached hydrogens (tertiary/aromatic N) is 4. The van der Waals surface area contributed by atoms with Crippen LogP contribution in [0.15, 0.2) is 24.7 Å². The van der Waals surface area contributed by atoms with E-state index in [0.717, 1.165) is 22.5 Å². The van der Waals surface area contributed by atoms with Crippen molar-refractivity contribution in [3.05, 3.63) is 34.5 Å². The van der Waals surface area contributed by atoms with Crippen molar-refractivity contribution in [3.8, 4) is 0 Å². The smallest absolute Gasteiger partial charge is 0.201 e. The van der Waals surface area contributed by atoms with Gasteiger partial charge in [0.1, 0.15) is 10.5 Å². The molecular formula is C12H13N5S. The maximum atomic E-state index is 5.94. The topological polar surface area (TPSA) is 69.6 Å². The second-order valence-electron chi connectivity index (χ2n) is 3.99. The van der Waals surface area contributed by atoms with Crippen LogP contribution in [0.2, 0.25) is 0 Å². The third-order valence-electron chi connectivity index (χ3n) is 2.82. The first-order valence-electron chi connectivity index (χ1n) is 5.77. The van der Waals surface area contributed by atoms with Gasteiger partial charge in [-0.3, -0.25) is 4.98 Å². The molecule has 0 aliphatic carbocycles. The summed E-state index contributed by atoms with van der Waals surface area (Å²) >= 11 is 1.72. The number of pyridine rings is 1. The summed E-state index contributed by atoms with van der Waals surface area (Å²) in [5, 5.41) is 1.05. The number of aryl methyl sites for hydroxylation is 1. The Labute approximate surface area is 108 Å². The molecule has 0 aromatic carbocycles. The van der Waals surface area contributed by atoms with E-state index < -0.39 is 0 Å². The summed E-state index contributed by atoms with van der Waals surface area (Å²) in [6.45, 7) is 2.79. The van der Waals surface area contributed by atoms with E-state index in [1.165, 1.54) is 4.88 Å². The maximum absolute atomic E-state index is 5.94. The van der Waals surface area contributed by atoms with Gasteiger partial charge < -0.3 is 10.3 Å². The molecular weight excluding hydrogens is 246 g/mol. The van der Waals surface area contributed by atoms with E-state index in [2.05, 4.69) is 21.9 Å². The van der Waals surface area contributed by atoms with E-state index in [1.807, 2.05) is 16.8 Å². The molecule has 5 nitrogen and oxygen atoms in total. The molecule has 6 heteroatoms. The van der Waals surface area contributed by atoms with E-state index in [1.54, 1.807) is 23.7 Å². The molecule has 0 saturated heterocycles. The Morgan fingerprint density at radius 1 is 1.39 bits per heavy atom. The SMILES string of the molecule is CCc1cnc(Cn2c(N)nc3cnccc32)s1. The van der Waals surface area contributed by atoms with Crippen LogP contribution in [0.5, 0.6) is 0 Å². The zero-order chi connectivity index (χ0) is 12.5. The number of anilines is 1. The first-order chi connectivity index (χ1) is 8.78. The Morgan fingerprint density at radius 3 is 3.06 bits per heavy atom. The minimum absolute atomic E-state index is 0.506. The van der Waals surface area contributed by atoms with Crippen molar-refractivity contribution in [2.75, 3.05) is 5.73 Å². The summed E-state index contributed by atoms with van der Waals surface area (Å²) in [6, 6.07) is 1.92. The van der Waals surface area contributed by atoms with Gasteiger partial charge in [0.05, 0.1) is 18.3 Å². The van der Waals surface area contributed by atoms with Crippen molar-refractivity contribution in [1.82, 2.24) is 19.5 Å². The van der Waals surface area contributed by atoms with Crippen LogP contribution < -0.4 is 5.73 Å². The third kappa shape index (κ3) is 1.84. The van der Waals surface area contributed by atoms with Crippen LogP contribution in [-0.2, 0) is 13.0 Å². The Hall–Kier alpha value is -1.95. The molecule has 0 bridgehead atoms. The van der Waals surface area contributed by atoms with Crippen LogP contribution in [-0.4, -0.2) is 19.5 Å². The van der Waals surface area contributed by atoms with Gasteiger partial charge in [0.15, 0.2) is 0 Å². The fraction of sp³-hybridized carbons (Fsp3) is 0.250.